The number of hydrogen-bond acceptors (Lipinski definition) is 11. The topological polar surface area (TPSA) is 136 Å². The predicted molar refractivity (Wildman–Crippen MR) is 123 cm³/mol. The van der Waals surface area contributed by atoms with E-state index in [2.05, 4.69) is 15.2 Å². The largest absolute Gasteiger partial charge is 0.344 e. The molecular weight excluding hydrogens is 512 g/mol. The predicted octanol–water partition coefficient (Wildman–Crippen LogP) is 3.40. The highest BCUT2D eigenvalue weighted by atomic mass is 32.2. The van der Waals surface area contributed by atoms with Crippen molar-refractivity contribution in [3.63, 3.8) is 0 Å². The van der Waals surface area contributed by atoms with Crippen LogP contribution in [-0.2, 0) is 16.4 Å². The smallest absolute Gasteiger partial charge is 0.288 e. The van der Waals surface area contributed by atoms with Gasteiger partial charge in [0, 0.05) is 31.0 Å². The molecule has 2 aromatic heterocycles. The summed E-state index contributed by atoms with van der Waals surface area (Å²) in [6.07, 6.45) is 0.885. The molecule has 4 rings (SSSR count). The summed E-state index contributed by atoms with van der Waals surface area (Å²) in [6.45, 7) is 0.0964. The summed E-state index contributed by atoms with van der Waals surface area (Å²) in [5.74, 6) is -1.51. The summed E-state index contributed by atoms with van der Waals surface area (Å²) in [5.41, 5.74) is -1.13. The number of nitrogens with zero attached hydrogens (tertiary/aromatic N) is 5. The van der Waals surface area contributed by atoms with Crippen molar-refractivity contribution in [3.8, 4) is 10.6 Å². The molecule has 0 spiro atoms. The molecule has 4 aromatic rings. The number of halogens is 2. The quantitative estimate of drug-likeness (QED) is 0.274. The lowest BCUT2D eigenvalue weighted by Gasteiger charge is -2.15. The van der Waals surface area contributed by atoms with Gasteiger partial charge in [-0.1, -0.05) is 22.7 Å². The number of nitro benzene ring substituents is 1. The van der Waals surface area contributed by atoms with Crippen LogP contribution in [0, 0.1) is 21.7 Å². The first-order valence-electron chi connectivity index (χ1n) is 9.25. The van der Waals surface area contributed by atoms with E-state index >= 15 is 0 Å². The normalized spacial score (nSPS) is 11.6. The highest BCUT2D eigenvalue weighted by molar-refractivity contribution is 7.90. The van der Waals surface area contributed by atoms with Gasteiger partial charge in [0.15, 0.2) is 15.0 Å². The second-order valence-electron chi connectivity index (χ2n) is 7.17. The van der Waals surface area contributed by atoms with Crippen molar-refractivity contribution >= 4 is 53.4 Å². The summed E-state index contributed by atoms with van der Waals surface area (Å²) in [5, 5.41) is 20.2. The van der Waals surface area contributed by atoms with E-state index < -0.39 is 37.6 Å². The van der Waals surface area contributed by atoms with Crippen LogP contribution >= 0.6 is 22.7 Å². The van der Waals surface area contributed by atoms with Gasteiger partial charge < -0.3 is 4.90 Å². The highest BCUT2D eigenvalue weighted by Crippen LogP contribution is 2.34. The Morgan fingerprint density at radius 1 is 1.09 bits per heavy atom. The van der Waals surface area contributed by atoms with Crippen molar-refractivity contribution < 1.29 is 22.1 Å². The molecule has 0 aliphatic heterocycles. The van der Waals surface area contributed by atoms with Crippen LogP contribution in [0.5, 0.6) is 0 Å². The average Bonchev–Trinajstić information content (AvgIpc) is 3.20. The molecule has 0 amide bonds. The van der Waals surface area contributed by atoms with Crippen LogP contribution in [0.1, 0.15) is 5.01 Å². The van der Waals surface area contributed by atoms with Gasteiger partial charge in [0.2, 0.25) is 0 Å². The second-order valence-corrected chi connectivity index (χ2v) is 11.2. The number of fused-ring (bicyclic) bond motifs is 1. The fourth-order valence-corrected chi connectivity index (χ4v) is 5.57. The summed E-state index contributed by atoms with van der Waals surface area (Å²) in [6, 6.07) is 4.97. The Kier molecular flexibility index (Phi) is 6.09. The maximum absolute atomic E-state index is 13.5. The first-order chi connectivity index (χ1) is 15.9. The third-order valence-electron chi connectivity index (χ3n) is 4.56. The first-order valence-corrected chi connectivity index (χ1v) is 12.8. The minimum absolute atomic E-state index is 0.0209. The van der Waals surface area contributed by atoms with Gasteiger partial charge in [-0.05, 0) is 18.2 Å². The van der Waals surface area contributed by atoms with Crippen molar-refractivity contribution in [1.82, 2.24) is 15.2 Å². The lowest BCUT2D eigenvalue weighted by Crippen LogP contribution is -2.20. The van der Waals surface area contributed by atoms with Crippen LogP contribution in [0.15, 0.2) is 40.0 Å². The molecule has 2 heterocycles. The zero-order valence-electron chi connectivity index (χ0n) is 17.4. The fraction of sp³-hybridized carbons (Fsp3) is 0.158. The van der Waals surface area contributed by atoms with Crippen molar-refractivity contribution in [3.05, 3.63) is 67.4 Å². The number of benzene rings is 2. The zero-order valence-corrected chi connectivity index (χ0v) is 19.8. The molecule has 34 heavy (non-hydrogen) atoms. The van der Waals surface area contributed by atoms with Gasteiger partial charge in [0.05, 0.1) is 21.7 Å². The molecule has 0 atom stereocenters. The Hall–Kier alpha value is -3.43. The Morgan fingerprint density at radius 3 is 2.38 bits per heavy atom. The Balaban J connectivity index is 1.70. The van der Waals surface area contributed by atoms with E-state index in [1.54, 1.807) is 7.05 Å². The average molecular weight is 526 g/mol. The van der Waals surface area contributed by atoms with Crippen molar-refractivity contribution in [2.24, 2.45) is 0 Å². The Bertz CT molecular complexity index is 1600. The second kappa shape index (κ2) is 8.73. The van der Waals surface area contributed by atoms with Crippen molar-refractivity contribution in [2.45, 2.75) is 11.4 Å². The SMILES string of the molecule is CN(Cc1nnc(-c2cc(F)cc(F)c2)s1)c1nc(=O)c2cc(S(C)(=O)=O)cc([N+](=O)[O-])c2s1. The molecule has 10 nitrogen and oxygen atoms in total. The van der Waals surface area contributed by atoms with Gasteiger partial charge in [0.25, 0.3) is 11.2 Å². The van der Waals surface area contributed by atoms with E-state index in [9.17, 15) is 32.1 Å². The molecular formula is C19H13F2N5O5S3. The molecule has 0 aliphatic rings. The molecule has 15 heteroatoms. The third kappa shape index (κ3) is 4.76. The fourth-order valence-electron chi connectivity index (χ4n) is 3.01. The minimum Gasteiger partial charge on any atom is -0.344 e. The molecule has 0 fully saturated rings. The lowest BCUT2D eigenvalue weighted by molar-refractivity contribution is -0.383. The van der Waals surface area contributed by atoms with E-state index in [1.807, 2.05) is 0 Å². The van der Waals surface area contributed by atoms with E-state index in [4.69, 9.17) is 0 Å². The molecule has 0 unspecified atom stereocenters. The van der Waals surface area contributed by atoms with Crippen molar-refractivity contribution in [1.29, 1.82) is 0 Å². The standard InChI is InChI=1S/C19H13F2N5O5S3/c1-25(8-15-23-24-18(32-15)9-3-10(20)5-11(21)4-9)19-22-17(27)13-6-12(34(2,30)31)7-14(26(28)29)16(13)33-19/h3-7H,8H2,1-2H3. The maximum Gasteiger partial charge on any atom is 0.288 e. The van der Waals surface area contributed by atoms with Crippen molar-refractivity contribution in [2.75, 3.05) is 18.2 Å². The van der Waals surface area contributed by atoms with Gasteiger partial charge in [-0.2, -0.15) is 4.98 Å². The lowest BCUT2D eigenvalue weighted by atomic mass is 10.2. The first kappa shape index (κ1) is 23.7. The molecule has 0 aliphatic carbocycles. The molecule has 2 aromatic carbocycles. The zero-order chi connectivity index (χ0) is 24.8. The molecule has 0 N–H and O–H groups in total. The van der Waals surface area contributed by atoms with Crippen LogP contribution in [0.2, 0.25) is 0 Å². The molecule has 0 radical (unpaired) electrons. The van der Waals surface area contributed by atoms with Gasteiger partial charge in [0.1, 0.15) is 26.3 Å². The summed E-state index contributed by atoms with van der Waals surface area (Å²) >= 11 is 1.92. The molecule has 0 saturated carbocycles. The third-order valence-corrected chi connectivity index (χ3v) is 7.83. The Morgan fingerprint density at radius 2 is 1.76 bits per heavy atom. The van der Waals surface area contributed by atoms with Crippen LogP contribution in [-0.4, -0.2) is 41.8 Å². The van der Waals surface area contributed by atoms with Gasteiger partial charge in [-0.15, -0.1) is 10.2 Å². The molecule has 176 valence electrons. The highest BCUT2D eigenvalue weighted by Gasteiger charge is 2.23. The van der Waals surface area contributed by atoms with E-state index in [-0.39, 0.29) is 37.2 Å². The van der Waals surface area contributed by atoms with Gasteiger partial charge in [-0.25, -0.2) is 17.2 Å². The number of hydrogen-bond donors (Lipinski definition) is 0. The van der Waals surface area contributed by atoms with Gasteiger partial charge >= 0.3 is 0 Å². The number of anilines is 1. The number of rotatable bonds is 6. The van der Waals surface area contributed by atoms with Gasteiger partial charge in [-0.3, -0.25) is 14.9 Å². The number of non-ortho nitro benzene ring substituents is 1. The monoisotopic (exact) mass is 525 g/mol. The van der Waals surface area contributed by atoms with Crippen LogP contribution in [0.3, 0.4) is 0 Å². The summed E-state index contributed by atoms with van der Waals surface area (Å²) in [4.78, 5) is 28.5. The van der Waals surface area contributed by atoms with Crippen LogP contribution < -0.4 is 10.5 Å². The van der Waals surface area contributed by atoms with Crippen LogP contribution in [0.25, 0.3) is 20.7 Å². The number of nitro groups is 1. The number of aromatic nitrogens is 3. The molecule has 0 bridgehead atoms. The Labute approximate surface area is 198 Å². The summed E-state index contributed by atoms with van der Waals surface area (Å²) < 4.78 is 50.7. The maximum atomic E-state index is 13.5. The van der Waals surface area contributed by atoms with E-state index in [1.165, 1.54) is 4.90 Å². The molecule has 0 saturated heterocycles. The number of sulfone groups is 1. The van der Waals surface area contributed by atoms with Crippen LogP contribution in [0.4, 0.5) is 19.6 Å². The summed E-state index contributed by atoms with van der Waals surface area (Å²) in [7, 11) is -2.22. The minimum atomic E-state index is -3.80. The van der Waals surface area contributed by atoms with E-state index in [0.717, 1.165) is 59.3 Å². The van der Waals surface area contributed by atoms with E-state index in [0.29, 0.717) is 5.01 Å².